The van der Waals surface area contributed by atoms with Gasteiger partial charge < -0.3 is 0 Å². The molecule has 0 atom stereocenters. The minimum absolute atomic E-state index is 0.447. The molecule has 0 nitrogen and oxygen atoms in total. The molecule has 0 aliphatic carbocycles. The van der Waals surface area contributed by atoms with Gasteiger partial charge in [0.2, 0.25) is 0 Å². The average molecular weight is 330 g/mol. The average Bonchev–Trinajstić information content (AvgIpc) is 3.11. The van der Waals surface area contributed by atoms with Gasteiger partial charge in [0, 0.05) is 0 Å². The molecule has 0 aromatic heterocycles. The van der Waals surface area contributed by atoms with Gasteiger partial charge in [-0.25, -0.2) is 0 Å². The largest absolute Gasteiger partial charge is 0.106 e. The number of hydrogen-bond donors (Lipinski definition) is 0. The number of hydrogen-bond acceptors (Lipinski definition) is 0. The summed E-state index contributed by atoms with van der Waals surface area (Å²) in [6.07, 6.45) is 24.1. The van der Waals surface area contributed by atoms with Crippen molar-refractivity contribution in [1.29, 1.82) is 0 Å². The van der Waals surface area contributed by atoms with Crippen molar-refractivity contribution >= 4 is 23.8 Å². The Bertz CT molecular complexity index is 241. The highest BCUT2D eigenvalue weighted by Gasteiger charge is 2.35. The van der Waals surface area contributed by atoms with Crippen LogP contribution in [0.4, 0.5) is 0 Å². The van der Waals surface area contributed by atoms with Crippen molar-refractivity contribution in [3.05, 3.63) is 0 Å². The predicted octanol–water partition coefficient (Wildman–Crippen LogP) is 5.82. The topological polar surface area (TPSA) is 0 Å². The van der Waals surface area contributed by atoms with Crippen molar-refractivity contribution in [3.8, 4) is 0 Å². The van der Waals surface area contributed by atoms with Gasteiger partial charge in [-0.1, -0.05) is 6.92 Å². The van der Waals surface area contributed by atoms with E-state index >= 15 is 0 Å². The fourth-order valence-electron chi connectivity index (χ4n) is 4.59. The van der Waals surface area contributed by atoms with Crippen molar-refractivity contribution < 1.29 is 0 Å². The minimum atomic E-state index is 0.447. The zero-order valence-corrected chi connectivity index (χ0v) is 16.1. The van der Waals surface area contributed by atoms with Crippen LogP contribution in [0.3, 0.4) is 0 Å². The van der Waals surface area contributed by atoms with E-state index in [1.165, 1.54) is 0 Å². The first-order chi connectivity index (χ1) is 9.73. The SMILES string of the molecule is CC(CP1CCCC1)(CP1CCCC1)CP1CCCC1. The van der Waals surface area contributed by atoms with Gasteiger partial charge >= 0.3 is 0 Å². The summed E-state index contributed by atoms with van der Waals surface area (Å²) < 4.78 is 0. The molecule has 20 heavy (non-hydrogen) atoms. The quantitative estimate of drug-likeness (QED) is 0.538. The fourth-order valence-corrected chi connectivity index (χ4v) is 14.7. The first kappa shape index (κ1) is 16.2. The summed E-state index contributed by atoms with van der Waals surface area (Å²) in [5.74, 6) is 0. The van der Waals surface area contributed by atoms with E-state index < -0.39 is 0 Å². The van der Waals surface area contributed by atoms with Gasteiger partial charge in [-0.2, -0.15) is 0 Å². The highest BCUT2D eigenvalue weighted by molar-refractivity contribution is 7.60. The molecule has 3 fully saturated rings. The first-order valence-electron chi connectivity index (χ1n) is 8.91. The molecule has 0 amide bonds. The van der Waals surface area contributed by atoms with E-state index in [1.807, 2.05) is 0 Å². The predicted molar refractivity (Wildman–Crippen MR) is 100 cm³/mol. The molecule has 3 heteroatoms. The van der Waals surface area contributed by atoms with Crippen molar-refractivity contribution in [2.75, 3.05) is 55.5 Å². The van der Waals surface area contributed by atoms with Crippen molar-refractivity contribution in [2.24, 2.45) is 5.41 Å². The molecule has 3 aliphatic heterocycles. The van der Waals surface area contributed by atoms with Gasteiger partial charge in [-0.3, -0.25) is 0 Å². The lowest BCUT2D eigenvalue weighted by Crippen LogP contribution is -2.29. The summed E-state index contributed by atoms with van der Waals surface area (Å²) in [6, 6.07) is 0. The van der Waals surface area contributed by atoms with E-state index in [-0.39, 0.29) is 0 Å². The van der Waals surface area contributed by atoms with E-state index in [9.17, 15) is 0 Å². The minimum Gasteiger partial charge on any atom is -0.106 e. The van der Waals surface area contributed by atoms with Crippen LogP contribution in [0.5, 0.6) is 0 Å². The lowest BCUT2D eigenvalue weighted by molar-refractivity contribution is 0.493. The Kier molecular flexibility index (Phi) is 6.23. The van der Waals surface area contributed by atoms with Crippen LogP contribution in [0.2, 0.25) is 0 Å². The van der Waals surface area contributed by atoms with Crippen LogP contribution < -0.4 is 0 Å². The summed E-state index contributed by atoms with van der Waals surface area (Å²) in [4.78, 5) is 0. The maximum atomic E-state index is 2.73. The molecule has 3 saturated heterocycles. The van der Waals surface area contributed by atoms with Crippen LogP contribution >= 0.6 is 23.8 Å². The molecular formula is C17H33P3. The van der Waals surface area contributed by atoms with Gasteiger partial charge in [-0.05, 0) is 99.4 Å². The molecule has 0 aromatic rings. The third-order valence-electron chi connectivity index (χ3n) is 5.41. The summed E-state index contributed by atoms with van der Waals surface area (Å²) in [7, 11) is 1.34. The molecule has 0 N–H and O–H groups in total. The smallest absolute Gasteiger partial charge is 0.0208 e. The third kappa shape index (κ3) is 4.64. The molecule has 0 radical (unpaired) electrons. The second-order valence-electron chi connectivity index (χ2n) is 7.76. The van der Waals surface area contributed by atoms with Crippen molar-refractivity contribution in [1.82, 2.24) is 0 Å². The second-order valence-corrected chi connectivity index (χ2v) is 15.4. The standard InChI is InChI=1S/C17H33P3/c1-17(14-18-8-2-3-9-18,15-19-10-4-5-11-19)16-20-12-6-7-13-20/h2-16H2,1H3. The summed E-state index contributed by atoms with van der Waals surface area (Å²) in [5.41, 5.74) is 0.780. The van der Waals surface area contributed by atoms with Crippen LogP contribution in [-0.4, -0.2) is 55.5 Å². The third-order valence-corrected chi connectivity index (χ3v) is 14.7. The Balaban J connectivity index is 1.59. The van der Waals surface area contributed by atoms with Crippen LogP contribution in [-0.2, 0) is 0 Å². The van der Waals surface area contributed by atoms with Crippen molar-refractivity contribution in [2.45, 2.75) is 45.4 Å². The summed E-state index contributed by atoms with van der Waals surface area (Å²) in [5, 5.41) is 0. The Morgan fingerprint density at radius 2 is 0.800 bits per heavy atom. The van der Waals surface area contributed by atoms with Crippen LogP contribution in [0.1, 0.15) is 45.4 Å². The second kappa shape index (κ2) is 7.71. The molecule has 3 heterocycles. The van der Waals surface area contributed by atoms with Gasteiger partial charge in [0.1, 0.15) is 0 Å². The number of rotatable bonds is 6. The zero-order valence-electron chi connectivity index (χ0n) is 13.4. The maximum absolute atomic E-state index is 2.73. The van der Waals surface area contributed by atoms with E-state index in [0.29, 0.717) is 23.8 Å². The molecular weight excluding hydrogens is 297 g/mol. The molecule has 3 rings (SSSR count). The van der Waals surface area contributed by atoms with E-state index in [4.69, 9.17) is 0 Å². The monoisotopic (exact) mass is 330 g/mol. The van der Waals surface area contributed by atoms with E-state index in [2.05, 4.69) is 6.92 Å². The van der Waals surface area contributed by atoms with Gasteiger partial charge in [0.25, 0.3) is 0 Å². The summed E-state index contributed by atoms with van der Waals surface area (Å²) in [6.45, 7) is 2.73. The fraction of sp³-hybridized carbons (Fsp3) is 1.00. The first-order valence-corrected chi connectivity index (χ1v) is 14.6. The Morgan fingerprint density at radius 1 is 0.550 bits per heavy atom. The van der Waals surface area contributed by atoms with Crippen LogP contribution in [0.25, 0.3) is 0 Å². The highest BCUT2D eigenvalue weighted by Crippen LogP contribution is 2.58. The zero-order chi connectivity index (χ0) is 13.8. The Labute approximate surface area is 130 Å². The molecule has 0 saturated carbocycles. The molecule has 0 aromatic carbocycles. The molecule has 3 aliphatic rings. The highest BCUT2D eigenvalue weighted by atomic mass is 31.1. The van der Waals surface area contributed by atoms with E-state index in [1.54, 1.807) is 94.0 Å². The lowest BCUT2D eigenvalue weighted by atomic mass is 9.99. The van der Waals surface area contributed by atoms with Crippen LogP contribution in [0, 0.1) is 5.41 Å². The van der Waals surface area contributed by atoms with Gasteiger partial charge in [0.05, 0.1) is 0 Å². The molecule has 0 unspecified atom stereocenters. The van der Waals surface area contributed by atoms with Gasteiger partial charge in [-0.15, -0.1) is 23.8 Å². The van der Waals surface area contributed by atoms with Crippen molar-refractivity contribution in [3.63, 3.8) is 0 Å². The molecule has 0 bridgehead atoms. The normalized spacial score (nSPS) is 26.9. The lowest BCUT2D eigenvalue weighted by Gasteiger charge is -2.37. The Hall–Kier alpha value is 1.29. The molecule has 116 valence electrons. The van der Waals surface area contributed by atoms with Crippen LogP contribution in [0.15, 0.2) is 0 Å². The maximum Gasteiger partial charge on any atom is -0.0208 e. The van der Waals surface area contributed by atoms with E-state index in [0.717, 1.165) is 5.41 Å². The molecule has 0 spiro atoms. The Morgan fingerprint density at radius 3 is 1.05 bits per heavy atom. The van der Waals surface area contributed by atoms with Gasteiger partial charge in [0.15, 0.2) is 0 Å². The summed E-state index contributed by atoms with van der Waals surface area (Å²) >= 11 is 0.